The number of benzene rings is 2. The highest BCUT2D eigenvalue weighted by atomic mass is 16.5. The average Bonchev–Trinajstić information content (AvgIpc) is 2.61. The summed E-state index contributed by atoms with van der Waals surface area (Å²) in [6.07, 6.45) is 1.97. The summed E-state index contributed by atoms with van der Waals surface area (Å²) in [5, 5.41) is 15.0. The maximum Gasteiger partial charge on any atom is 0.335 e. The molecule has 6 heteroatoms. The van der Waals surface area contributed by atoms with Crippen LogP contribution in [0.2, 0.25) is 0 Å². The van der Waals surface area contributed by atoms with Crippen LogP contribution >= 0.6 is 0 Å². The van der Waals surface area contributed by atoms with Gasteiger partial charge in [0.05, 0.1) is 12.2 Å². The first-order valence-electron chi connectivity index (χ1n) is 8.60. The number of anilines is 2. The number of hydrogen-bond acceptors (Lipinski definition) is 4. The molecule has 138 valence electrons. The monoisotopic (exact) mass is 356 g/mol. The van der Waals surface area contributed by atoms with Crippen LogP contribution < -0.4 is 15.4 Å². The third-order valence-corrected chi connectivity index (χ3v) is 3.74. The second kappa shape index (κ2) is 9.46. The Morgan fingerprint density at radius 3 is 2.62 bits per heavy atom. The molecule has 0 atom stereocenters. The van der Waals surface area contributed by atoms with Crippen molar-refractivity contribution in [3.05, 3.63) is 53.6 Å². The number of hydrogen-bond donors (Lipinski definition) is 3. The zero-order chi connectivity index (χ0) is 18.9. The SMILES string of the molecule is CCCCOc1cc(NC(C)=O)ccc1CNc1cccc(C(=O)O)c1. The van der Waals surface area contributed by atoms with E-state index in [-0.39, 0.29) is 11.5 Å². The Bertz CT molecular complexity index is 774. The van der Waals surface area contributed by atoms with Crippen molar-refractivity contribution < 1.29 is 19.4 Å². The Hall–Kier alpha value is -3.02. The predicted molar refractivity (Wildman–Crippen MR) is 102 cm³/mol. The summed E-state index contributed by atoms with van der Waals surface area (Å²) in [7, 11) is 0. The number of aromatic carboxylic acids is 1. The second-order valence-corrected chi connectivity index (χ2v) is 5.95. The first-order valence-corrected chi connectivity index (χ1v) is 8.60. The Labute approximate surface area is 153 Å². The van der Waals surface area contributed by atoms with E-state index in [4.69, 9.17) is 9.84 Å². The fourth-order valence-electron chi connectivity index (χ4n) is 2.40. The predicted octanol–water partition coefficient (Wildman–Crippen LogP) is 4.13. The highest BCUT2D eigenvalue weighted by molar-refractivity contribution is 5.89. The summed E-state index contributed by atoms with van der Waals surface area (Å²) in [5.41, 5.74) is 2.56. The number of ether oxygens (including phenoxy) is 1. The molecular weight excluding hydrogens is 332 g/mol. The van der Waals surface area contributed by atoms with Crippen LogP contribution in [0.15, 0.2) is 42.5 Å². The molecule has 0 fully saturated rings. The van der Waals surface area contributed by atoms with E-state index in [9.17, 15) is 9.59 Å². The number of carboxylic acid groups (broad SMARTS) is 1. The summed E-state index contributed by atoms with van der Waals surface area (Å²) in [6.45, 7) is 4.63. The van der Waals surface area contributed by atoms with E-state index < -0.39 is 5.97 Å². The molecule has 0 saturated carbocycles. The Kier molecular flexibility index (Phi) is 7.02. The van der Waals surface area contributed by atoms with Crippen molar-refractivity contribution in [1.82, 2.24) is 0 Å². The van der Waals surface area contributed by atoms with Gasteiger partial charge < -0.3 is 20.5 Å². The molecule has 1 amide bonds. The van der Waals surface area contributed by atoms with E-state index >= 15 is 0 Å². The first kappa shape index (κ1) is 19.3. The lowest BCUT2D eigenvalue weighted by Crippen LogP contribution is -2.08. The van der Waals surface area contributed by atoms with Crippen molar-refractivity contribution in [2.75, 3.05) is 17.2 Å². The molecule has 3 N–H and O–H groups in total. The second-order valence-electron chi connectivity index (χ2n) is 5.95. The fourth-order valence-corrected chi connectivity index (χ4v) is 2.40. The molecule has 2 rings (SSSR count). The van der Waals surface area contributed by atoms with E-state index in [2.05, 4.69) is 17.6 Å². The van der Waals surface area contributed by atoms with Crippen LogP contribution in [0.1, 0.15) is 42.6 Å². The number of unbranched alkanes of at least 4 members (excludes halogenated alkanes) is 1. The van der Waals surface area contributed by atoms with Crippen molar-refractivity contribution in [2.45, 2.75) is 33.2 Å². The van der Waals surface area contributed by atoms with Crippen LogP contribution in [0, 0.1) is 0 Å². The molecule has 0 spiro atoms. The topological polar surface area (TPSA) is 87.7 Å². The van der Waals surface area contributed by atoms with E-state index in [0.717, 1.165) is 24.1 Å². The van der Waals surface area contributed by atoms with Crippen LogP contribution in [0.4, 0.5) is 11.4 Å². The number of amides is 1. The number of carboxylic acids is 1. The van der Waals surface area contributed by atoms with Gasteiger partial charge in [0, 0.05) is 36.5 Å². The van der Waals surface area contributed by atoms with Crippen molar-refractivity contribution in [3.63, 3.8) is 0 Å². The Morgan fingerprint density at radius 2 is 1.92 bits per heavy atom. The normalized spacial score (nSPS) is 10.2. The van der Waals surface area contributed by atoms with Crippen LogP contribution in [-0.4, -0.2) is 23.6 Å². The maximum absolute atomic E-state index is 11.3. The minimum Gasteiger partial charge on any atom is -0.493 e. The van der Waals surface area contributed by atoms with Gasteiger partial charge in [0.15, 0.2) is 0 Å². The molecule has 0 aliphatic carbocycles. The fraction of sp³-hybridized carbons (Fsp3) is 0.300. The van der Waals surface area contributed by atoms with Gasteiger partial charge in [0.2, 0.25) is 5.91 Å². The molecule has 0 bridgehead atoms. The first-order chi connectivity index (χ1) is 12.5. The number of carbonyl (C=O) groups excluding carboxylic acids is 1. The zero-order valence-electron chi connectivity index (χ0n) is 15.0. The molecule has 0 aliphatic heterocycles. The van der Waals surface area contributed by atoms with Gasteiger partial charge in [-0.15, -0.1) is 0 Å². The Balaban J connectivity index is 2.14. The van der Waals surface area contributed by atoms with Crippen molar-refractivity contribution >= 4 is 23.3 Å². The zero-order valence-corrected chi connectivity index (χ0v) is 15.0. The van der Waals surface area contributed by atoms with Gasteiger partial charge in [0.1, 0.15) is 5.75 Å². The number of nitrogens with one attached hydrogen (secondary N) is 2. The van der Waals surface area contributed by atoms with Gasteiger partial charge >= 0.3 is 5.97 Å². The Morgan fingerprint density at radius 1 is 1.12 bits per heavy atom. The van der Waals surface area contributed by atoms with E-state index in [1.807, 2.05) is 24.3 Å². The summed E-state index contributed by atoms with van der Waals surface area (Å²) in [5.74, 6) is -0.399. The van der Waals surface area contributed by atoms with Crippen LogP contribution in [0.3, 0.4) is 0 Å². The summed E-state index contributed by atoms with van der Waals surface area (Å²) >= 11 is 0. The van der Waals surface area contributed by atoms with E-state index in [0.29, 0.717) is 24.6 Å². The van der Waals surface area contributed by atoms with Gasteiger partial charge in [-0.3, -0.25) is 4.79 Å². The van der Waals surface area contributed by atoms with E-state index in [1.165, 1.54) is 6.92 Å². The average molecular weight is 356 g/mol. The standard InChI is InChI=1S/C20H24N2O4/c1-3-4-10-26-19-12-18(22-14(2)23)9-8-16(19)13-21-17-7-5-6-15(11-17)20(24)25/h5-9,11-12,21H,3-4,10,13H2,1-2H3,(H,22,23)(H,24,25). The molecule has 0 radical (unpaired) electrons. The van der Waals surface area contributed by atoms with Crippen molar-refractivity contribution in [3.8, 4) is 5.75 Å². The van der Waals surface area contributed by atoms with Gasteiger partial charge in [-0.2, -0.15) is 0 Å². The van der Waals surface area contributed by atoms with Crippen molar-refractivity contribution in [2.24, 2.45) is 0 Å². The highest BCUT2D eigenvalue weighted by Crippen LogP contribution is 2.25. The third kappa shape index (κ3) is 5.81. The summed E-state index contributed by atoms with van der Waals surface area (Å²) in [6, 6.07) is 12.2. The minimum atomic E-state index is -0.961. The highest BCUT2D eigenvalue weighted by Gasteiger charge is 2.08. The van der Waals surface area contributed by atoms with Crippen LogP contribution in [-0.2, 0) is 11.3 Å². The molecule has 26 heavy (non-hydrogen) atoms. The lowest BCUT2D eigenvalue weighted by molar-refractivity contribution is -0.114. The van der Waals surface area contributed by atoms with Gasteiger partial charge in [-0.25, -0.2) is 4.79 Å². The molecule has 2 aromatic rings. The molecular formula is C20H24N2O4. The molecule has 0 heterocycles. The lowest BCUT2D eigenvalue weighted by atomic mass is 10.1. The smallest absolute Gasteiger partial charge is 0.335 e. The maximum atomic E-state index is 11.3. The molecule has 0 unspecified atom stereocenters. The molecule has 0 aromatic heterocycles. The quantitative estimate of drug-likeness (QED) is 0.588. The minimum absolute atomic E-state index is 0.138. The lowest BCUT2D eigenvalue weighted by Gasteiger charge is -2.15. The molecule has 0 aliphatic rings. The van der Waals surface area contributed by atoms with Crippen LogP contribution in [0.5, 0.6) is 5.75 Å². The third-order valence-electron chi connectivity index (χ3n) is 3.74. The number of rotatable bonds is 9. The summed E-state index contributed by atoms with van der Waals surface area (Å²) in [4.78, 5) is 22.3. The largest absolute Gasteiger partial charge is 0.493 e. The summed E-state index contributed by atoms with van der Waals surface area (Å²) < 4.78 is 5.86. The molecule has 6 nitrogen and oxygen atoms in total. The van der Waals surface area contributed by atoms with E-state index in [1.54, 1.807) is 18.2 Å². The van der Waals surface area contributed by atoms with Crippen molar-refractivity contribution in [1.29, 1.82) is 0 Å². The molecule has 0 saturated heterocycles. The molecule has 2 aromatic carbocycles. The van der Waals surface area contributed by atoms with Gasteiger partial charge in [-0.05, 0) is 30.7 Å². The van der Waals surface area contributed by atoms with Crippen LogP contribution in [0.25, 0.3) is 0 Å². The van der Waals surface area contributed by atoms with Gasteiger partial charge in [0.25, 0.3) is 0 Å². The van der Waals surface area contributed by atoms with Gasteiger partial charge in [-0.1, -0.05) is 25.5 Å². The number of carbonyl (C=O) groups is 2.